The van der Waals surface area contributed by atoms with E-state index in [1.54, 1.807) is 6.08 Å². The number of hydrogen-bond acceptors (Lipinski definition) is 3. The molecule has 3 N–H and O–H groups in total. The lowest BCUT2D eigenvalue weighted by atomic mass is 10.0. The van der Waals surface area contributed by atoms with E-state index in [0.29, 0.717) is 6.42 Å². The lowest BCUT2D eigenvalue weighted by molar-refractivity contribution is -0.123. The highest BCUT2D eigenvalue weighted by Crippen LogP contribution is 2.16. The van der Waals surface area contributed by atoms with Gasteiger partial charge in [-0.1, -0.05) is 290 Å². The first-order valence-corrected chi connectivity index (χ1v) is 30.1. The molecule has 0 spiro atoms. The summed E-state index contributed by atoms with van der Waals surface area (Å²) in [4.78, 5) is 12.5. The molecular formula is C66H115NO3. The predicted molar refractivity (Wildman–Crippen MR) is 313 cm³/mol. The molecule has 4 nitrogen and oxygen atoms in total. The normalized spacial score (nSPS) is 13.6. The molecule has 4 heteroatoms. The summed E-state index contributed by atoms with van der Waals surface area (Å²) in [7, 11) is 0. The zero-order valence-corrected chi connectivity index (χ0v) is 46.3. The molecule has 402 valence electrons. The van der Waals surface area contributed by atoms with Gasteiger partial charge < -0.3 is 15.5 Å². The van der Waals surface area contributed by atoms with E-state index in [4.69, 9.17) is 0 Å². The monoisotopic (exact) mass is 970 g/mol. The largest absolute Gasteiger partial charge is 0.394 e. The Balaban J connectivity index is 3.60. The van der Waals surface area contributed by atoms with E-state index >= 15 is 0 Å². The van der Waals surface area contributed by atoms with Gasteiger partial charge in [0.15, 0.2) is 0 Å². The Morgan fingerprint density at radius 2 is 0.643 bits per heavy atom. The van der Waals surface area contributed by atoms with Crippen molar-refractivity contribution in [3.8, 4) is 0 Å². The van der Waals surface area contributed by atoms with Crippen molar-refractivity contribution in [3.63, 3.8) is 0 Å². The van der Waals surface area contributed by atoms with E-state index in [-0.39, 0.29) is 12.5 Å². The quantitative estimate of drug-likeness (QED) is 0.0420. The van der Waals surface area contributed by atoms with Crippen LogP contribution in [0.25, 0.3) is 0 Å². The number of hydrogen-bond donors (Lipinski definition) is 3. The first kappa shape index (κ1) is 67.0. The minimum Gasteiger partial charge on any atom is -0.394 e. The Morgan fingerprint density at radius 3 is 1.00 bits per heavy atom. The number of rotatable bonds is 54. The lowest BCUT2D eigenvalue weighted by Gasteiger charge is -2.19. The molecule has 0 radical (unpaired) electrons. The second-order valence-corrected chi connectivity index (χ2v) is 20.0. The smallest absolute Gasteiger partial charge is 0.220 e. The summed E-state index contributed by atoms with van der Waals surface area (Å²) in [6.07, 6.45) is 91.2. The van der Waals surface area contributed by atoms with Crippen LogP contribution in [0.5, 0.6) is 0 Å². The van der Waals surface area contributed by atoms with Gasteiger partial charge in [-0.25, -0.2) is 0 Å². The van der Waals surface area contributed by atoms with Gasteiger partial charge in [-0.3, -0.25) is 4.79 Å². The summed E-state index contributed by atoms with van der Waals surface area (Å²) in [5, 5.41) is 23.2. The van der Waals surface area contributed by atoms with Gasteiger partial charge in [0, 0.05) is 6.42 Å². The topological polar surface area (TPSA) is 69.6 Å². The molecule has 0 aliphatic heterocycles. The molecule has 0 bridgehead atoms. The van der Waals surface area contributed by atoms with Crippen molar-refractivity contribution in [1.29, 1.82) is 0 Å². The molecular weight excluding hydrogens is 855 g/mol. The summed E-state index contributed by atoms with van der Waals surface area (Å²) >= 11 is 0. The van der Waals surface area contributed by atoms with Crippen LogP contribution in [0, 0.1) is 0 Å². The molecule has 0 aromatic rings. The number of aliphatic hydroxyl groups excluding tert-OH is 2. The van der Waals surface area contributed by atoms with Crippen molar-refractivity contribution >= 4 is 5.91 Å². The number of carbonyl (C=O) groups is 1. The maximum absolute atomic E-state index is 12.5. The lowest BCUT2D eigenvalue weighted by Crippen LogP contribution is -2.45. The molecule has 2 atom stereocenters. The zero-order valence-electron chi connectivity index (χ0n) is 46.3. The highest BCUT2D eigenvalue weighted by atomic mass is 16.3. The second-order valence-electron chi connectivity index (χ2n) is 20.0. The van der Waals surface area contributed by atoms with Crippen LogP contribution in [0.4, 0.5) is 0 Å². The van der Waals surface area contributed by atoms with E-state index < -0.39 is 12.1 Å². The van der Waals surface area contributed by atoms with E-state index in [1.807, 2.05) is 6.08 Å². The fourth-order valence-electron chi connectivity index (χ4n) is 8.69. The molecule has 0 aromatic heterocycles. The molecule has 0 aromatic carbocycles. The molecule has 70 heavy (non-hydrogen) atoms. The highest BCUT2D eigenvalue weighted by Gasteiger charge is 2.18. The van der Waals surface area contributed by atoms with Crippen LogP contribution in [0.3, 0.4) is 0 Å². The van der Waals surface area contributed by atoms with Gasteiger partial charge in [0.05, 0.1) is 18.8 Å². The summed E-state index contributed by atoms with van der Waals surface area (Å²) in [5.41, 5.74) is 0. The summed E-state index contributed by atoms with van der Waals surface area (Å²) in [5.74, 6) is -0.0891. The molecule has 0 aliphatic rings. The number of aliphatic hydroxyl groups is 2. The number of nitrogens with one attached hydrogen (secondary N) is 1. The minimum atomic E-state index is -0.883. The van der Waals surface area contributed by atoms with Gasteiger partial charge in [-0.05, 0) is 96.3 Å². The SMILES string of the molecule is CC/C=C\C/C=C\C/C=C\C/C=C\C/C=C\C/C=C\CCCCCCCCCCC(=O)NC(CO)C(O)/C=C/CC/C=C/CC/C=C/CCCCCCCCCCCCCCCCCCCCCCC. The van der Waals surface area contributed by atoms with E-state index in [9.17, 15) is 15.0 Å². The number of carbonyl (C=O) groups excluding carboxylic acids is 1. The highest BCUT2D eigenvalue weighted by molar-refractivity contribution is 5.76. The Kier molecular flexibility index (Phi) is 57.8. The zero-order chi connectivity index (χ0) is 50.6. The summed E-state index contributed by atoms with van der Waals surface area (Å²) < 4.78 is 0. The standard InChI is InChI=1S/C66H115NO3/c1-3-5-7-9-11-13-15-17-19-21-23-25-27-29-31-32-33-34-36-37-39-41-43-45-47-49-51-53-55-57-59-61-65(69)64(63-68)67-66(70)62-60-58-56-54-52-50-48-46-44-42-40-38-35-30-28-26-24-22-20-18-16-14-12-10-8-6-4-2/h6,8,12,14,18,20,24,26,30,35,40,42-43,45,51,53,59,61,64-65,68-69H,3-5,7,9-11,13,15-17,19,21-23,25,27-29,31-34,36-39,41,44,46-50,52,54-58,60,62-63H2,1-2H3,(H,67,70)/b8-6-,14-12-,20-18-,26-24-,35-30-,42-40-,45-43+,53-51+,61-59+. The fraction of sp³-hybridized carbons (Fsp3) is 0.712. The Labute approximate surface area is 436 Å². The average Bonchev–Trinajstić information content (AvgIpc) is 3.36. The van der Waals surface area contributed by atoms with Crippen LogP contribution >= 0.6 is 0 Å². The van der Waals surface area contributed by atoms with Crippen LogP contribution in [-0.4, -0.2) is 34.9 Å². The molecule has 0 saturated carbocycles. The van der Waals surface area contributed by atoms with Crippen molar-refractivity contribution in [3.05, 3.63) is 109 Å². The van der Waals surface area contributed by atoms with Crippen molar-refractivity contribution in [2.45, 2.75) is 296 Å². The molecule has 0 fully saturated rings. The molecule has 1 amide bonds. The third-order valence-electron chi connectivity index (χ3n) is 13.2. The molecule has 0 saturated heterocycles. The predicted octanol–water partition coefficient (Wildman–Crippen LogP) is 20.3. The third kappa shape index (κ3) is 56.0. The Bertz CT molecular complexity index is 1330. The summed E-state index contributed by atoms with van der Waals surface area (Å²) in [6.45, 7) is 4.19. The summed E-state index contributed by atoms with van der Waals surface area (Å²) in [6, 6.07) is -0.660. The fourth-order valence-corrected chi connectivity index (χ4v) is 8.69. The van der Waals surface area contributed by atoms with Crippen LogP contribution in [0.2, 0.25) is 0 Å². The minimum absolute atomic E-state index is 0.0891. The first-order chi connectivity index (χ1) is 34.7. The van der Waals surface area contributed by atoms with Gasteiger partial charge >= 0.3 is 0 Å². The van der Waals surface area contributed by atoms with Gasteiger partial charge in [-0.15, -0.1) is 0 Å². The van der Waals surface area contributed by atoms with E-state index in [1.165, 1.54) is 173 Å². The Morgan fingerprint density at radius 1 is 0.357 bits per heavy atom. The average molecular weight is 971 g/mol. The Hall–Kier alpha value is -2.95. The third-order valence-corrected chi connectivity index (χ3v) is 13.2. The maximum Gasteiger partial charge on any atom is 0.220 e. The van der Waals surface area contributed by atoms with Crippen LogP contribution in [-0.2, 0) is 4.79 Å². The molecule has 0 aliphatic carbocycles. The second kappa shape index (κ2) is 60.4. The van der Waals surface area contributed by atoms with Crippen LogP contribution < -0.4 is 5.32 Å². The van der Waals surface area contributed by atoms with Gasteiger partial charge in [0.1, 0.15) is 0 Å². The van der Waals surface area contributed by atoms with Crippen LogP contribution in [0.15, 0.2) is 109 Å². The maximum atomic E-state index is 12.5. The van der Waals surface area contributed by atoms with Crippen molar-refractivity contribution in [2.75, 3.05) is 6.61 Å². The van der Waals surface area contributed by atoms with E-state index in [0.717, 1.165) is 89.9 Å². The molecule has 2 unspecified atom stereocenters. The first-order valence-electron chi connectivity index (χ1n) is 30.1. The van der Waals surface area contributed by atoms with Gasteiger partial charge in [0.25, 0.3) is 0 Å². The van der Waals surface area contributed by atoms with Crippen molar-refractivity contribution < 1.29 is 15.0 Å². The van der Waals surface area contributed by atoms with Gasteiger partial charge in [-0.2, -0.15) is 0 Å². The number of allylic oxidation sites excluding steroid dienone is 17. The molecule has 0 rings (SSSR count). The molecule has 0 heterocycles. The van der Waals surface area contributed by atoms with Crippen LogP contribution in [0.1, 0.15) is 284 Å². The number of unbranched alkanes of at least 4 members (excludes halogenated alkanes) is 31. The van der Waals surface area contributed by atoms with E-state index in [2.05, 4.69) is 116 Å². The van der Waals surface area contributed by atoms with Gasteiger partial charge in [0.2, 0.25) is 5.91 Å². The number of amides is 1. The van der Waals surface area contributed by atoms with Crippen molar-refractivity contribution in [2.24, 2.45) is 0 Å². The van der Waals surface area contributed by atoms with Crippen molar-refractivity contribution in [1.82, 2.24) is 5.32 Å².